The average Bonchev–Trinajstić information content (AvgIpc) is 2.40. The predicted octanol–water partition coefficient (Wildman–Crippen LogP) is 1.30. The summed E-state index contributed by atoms with van der Waals surface area (Å²) < 4.78 is 29.0. The number of carboxylic acid groups (broad SMARTS) is 1. The molecule has 1 aromatic carbocycles. The molecule has 22 heavy (non-hydrogen) atoms. The van der Waals surface area contributed by atoms with E-state index < -0.39 is 32.7 Å². The molecule has 0 radical (unpaired) electrons. The number of anilines is 1. The van der Waals surface area contributed by atoms with Crippen molar-refractivity contribution >= 4 is 27.4 Å². The predicted molar refractivity (Wildman–Crippen MR) is 81.7 cm³/mol. The zero-order valence-corrected chi connectivity index (χ0v) is 13.2. The molecule has 0 spiro atoms. The number of hydrogen-bond donors (Lipinski definition) is 2. The number of carbonyl (C=O) groups excluding carboxylic acids is 1. The van der Waals surface area contributed by atoms with Crippen molar-refractivity contribution in [1.29, 1.82) is 0 Å². The van der Waals surface area contributed by atoms with Gasteiger partial charge in [-0.2, -0.15) is 0 Å². The van der Waals surface area contributed by atoms with Crippen LogP contribution in [0.15, 0.2) is 24.3 Å². The summed E-state index contributed by atoms with van der Waals surface area (Å²) in [6.07, 6.45) is -0.0893. The van der Waals surface area contributed by atoms with Crippen LogP contribution in [0.4, 0.5) is 5.69 Å². The van der Waals surface area contributed by atoms with Gasteiger partial charge in [0.1, 0.15) is 11.5 Å². The number of aliphatic carboxylic acids is 1. The van der Waals surface area contributed by atoms with E-state index in [-0.39, 0.29) is 6.42 Å². The zero-order chi connectivity index (χ0) is 16.8. The van der Waals surface area contributed by atoms with E-state index in [2.05, 4.69) is 5.32 Å². The molecule has 2 N–H and O–H groups in total. The van der Waals surface area contributed by atoms with Gasteiger partial charge in [-0.05, 0) is 37.6 Å². The summed E-state index contributed by atoms with van der Waals surface area (Å²) >= 11 is 0. The Balaban J connectivity index is 2.71. The molecule has 1 amide bonds. The second-order valence-corrected chi connectivity index (χ2v) is 6.73. The highest BCUT2D eigenvalue weighted by molar-refractivity contribution is 7.93. The van der Waals surface area contributed by atoms with Crippen LogP contribution in [0.5, 0.6) is 5.75 Å². The van der Waals surface area contributed by atoms with Gasteiger partial charge in [0, 0.05) is 5.69 Å². The number of carbonyl (C=O) groups is 2. The van der Waals surface area contributed by atoms with Gasteiger partial charge in [-0.15, -0.1) is 0 Å². The molecule has 7 nitrogen and oxygen atoms in total. The average molecular weight is 329 g/mol. The summed E-state index contributed by atoms with van der Waals surface area (Å²) in [4.78, 5) is 22.7. The minimum atomic E-state index is -4.04. The third-order valence-electron chi connectivity index (χ3n) is 2.86. The fourth-order valence-electron chi connectivity index (χ4n) is 1.86. The summed E-state index contributed by atoms with van der Waals surface area (Å²) in [6, 6.07) is 6.42. The molecule has 1 aromatic rings. The lowest BCUT2D eigenvalue weighted by Gasteiger charge is -2.11. The Hall–Kier alpha value is -2.09. The Bertz CT molecular complexity index is 623. The topological polar surface area (TPSA) is 110 Å². The highest BCUT2D eigenvalue weighted by Crippen LogP contribution is 2.16. The fraction of sp³-hybridized carbons (Fsp3) is 0.429. The maximum absolute atomic E-state index is 11.9. The zero-order valence-electron chi connectivity index (χ0n) is 12.4. The minimum absolute atomic E-state index is 0.0893. The van der Waals surface area contributed by atoms with Gasteiger partial charge >= 0.3 is 5.97 Å². The lowest BCUT2D eigenvalue weighted by molar-refractivity contribution is -0.136. The summed E-state index contributed by atoms with van der Waals surface area (Å²) in [7, 11) is -4.04. The molecule has 0 aromatic heterocycles. The van der Waals surface area contributed by atoms with E-state index in [1.54, 1.807) is 24.3 Å². The smallest absolute Gasteiger partial charge is 0.321 e. The Labute approximate surface area is 129 Å². The number of amides is 1. The van der Waals surface area contributed by atoms with Gasteiger partial charge in [0.15, 0.2) is 15.1 Å². The van der Waals surface area contributed by atoms with E-state index in [0.717, 1.165) is 0 Å². The van der Waals surface area contributed by atoms with Crippen molar-refractivity contribution < 1.29 is 27.9 Å². The standard InChI is InChI=1S/C14H19NO6S/c1-3-12(14(17)18)22(19,20)9-13(16)15-10-5-7-11(8-6-10)21-4-2/h5-8,12H,3-4,9H2,1-2H3,(H,15,16)(H,17,18). The highest BCUT2D eigenvalue weighted by Gasteiger charge is 2.32. The van der Waals surface area contributed by atoms with E-state index in [9.17, 15) is 18.0 Å². The molecule has 0 heterocycles. The first-order valence-corrected chi connectivity index (χ1v) is 8.48. The van der Waals surface area contributed by atoms with Crippen molar-refractivity contribution in [3.63, 3.8) is 0 Å². The number of ether oxygens (including phenoxy) is 1. The molecule has 122 valence electrons. The number of nitrogens with one attached hydrogen (secondary N) is 1. The van der Waals surface area contributed by atoms with Crippen LogP contribution in [-0.2, 0) is 19.4 Å². The molecule has 8 heteroatoms. The maximum Gasteiger partial charge on any atom is 0.321 e. The summed E-state index contributed by atoms with van der Waals surface area (Å²) in [5.74, 6) is -2.46. The van der Waals surface area contributed by atoms with Crippen LogP contribution in [0.2, 0.25) is 0 Å². The third kappa shape index (κ3) is 5.03. The Morgan fingerprint density at radius 2 is 1.82 bits per heavy atom. The molecule has 0 bridgehead atoms. The molecule has 0 fully saturated rings. The number of hydrogen-bond acceptors (Lipinski definition) is 5. The molecule has 0 saturated heterocycles. The Morgan fingerprint density at radius 3 is 2.27 bits per heavy atom. The van der Waals surface area contributed by atoms with Crippen molar-refractivity contribution in [3.8, 4) is 5.75 Å². The molecule has 0 aliphatic heterocycles. The monoisotopic (exact) mass is 329 g/mol. The summed E-state index contributed by atoms with van der Waals surface area (Å²) in [5.41, 5.74) is 0.409. The van der Waals surface area contributed by atoms with E-state index >= 15 is 0 Å². The van der Waals surface area contributed by atoms with E-state index in [1.165, 1.54) is 6.92 Å². The highest BCUT2D eigenvalue weighted by atomic mass is 32.2. The number of benzene rings is 1. The summed E-state index contributed by atoms with van der Waals surface area (Å²) in [5, 5.41) is 9.72. The van der Waals surface area contributed by atoms with Crippen LogP contribution in [0, 0.1) is 0 Å². The quantitative estimate of drug-likeness (QED) is 0.744. The molecule has 0 aliphatic carbocycles. The van der Waals surface area contributed by atoms with Gasteiger partial charge in [-0.25, -0.2) is 8.42 Å². The minimum Gasteiger partial charge on any atom is -0.494 e. The van der Waals surface area contributed by atoms with Gasteiger partial charge in [-0.3, -0.25) is 9.59 Å². The van der Waals surface area contributed by atoms with Crippen molar-refractivity contribution in [1.82, 2.24) is 0 Å². The molecule has 1 unspecified atom stereocenters. The first-order chi connectivity index (χ1) is 10.3. The Morgan fingerprint density at radius 1 is 1.23 bits per heavy atom. The van der Waals surface area contributed by atoms with Crippen LogP contribution in [0.1, 0.15) is 20.3 Å². The summed E-state index contributed by atoms with van der Waals surface area (Å²) in [6.45, 7) is 3.80. The molecule has 1 rings (SSSR count). The molecular formula is C14H19NO6S. The lowest BCUT2D eigenvalue weighted by atomic mass is 10.3. The number of sulfone groups is 1. The first kappa shape index (κ1) is 18.0. The second kappa shape index (κ2) is 7.79. The Kier molecular flexibility index (Phi) is 6.36. The van der Waals surface area contributed by atoms with Crippen LogP contribution in [0.3, 0.4) is 0 Å². The molecule has 0 saturated carbocycles. The van der Waals surface area contributed by atoms with Crippen molar-refractivity contribution in [2.24, 2.45) is 0 Å². The normalized spacial score (nSPS) is 12.5. The van der Waals surface area contributed by atoms with Gasteiger partial charge in [0.25, 0.3) is 0 Å². The van der Waals surface area contributed by atoms with Crippen LogP contribution in [-0.4, -0.2) is 43.0 Å². The lowest BCUT2D eigenvalue weighted by Crippen LogP contribution is -2.35. The maximum atomic E-state index is 11.9. The molecule has 1 atom stereocenters. The fourth-order valence-corrected chi connectivity index (χ4v) is 3.32. The second-order valence-electron chi connectivity index (χ2n) is 4.55. The van der Waals surface area contributed by atoms with Crippen LogP contribution < -0.4 is 10.1 Å². The largest absolute Gasteiger partial charge is 0.494 e. The SMILES string of the molecule is CCOc1ccc(NC(=O)CS(=O)(=O)C(CC)C(=O)O)cc1. The van der Waals surface area contributed by atoms with Crippen LogP contribution >= 0.6 is 0 Å². The van der Waals surface area contributed by atoms with E-state index in [0.29, 0.717) is 18.0 Å². The number of carboxylic acids is 1. The van der Waals surface area contributed by atoms with Crippen molar-refractivity contribution in [3.05, 3.63) is 24.3 Å². The van der Waals surface area contributed by atoms with Crippen LogP contribution in [0.25, 0.3) is 0 Å². The van der Waals surface area contributed by atoms with Gasteiger partial charge in [0.2, 0.25) is 5.91 Å². The van der Waals surface area contributed by atoms with Gasteiger partial charge < -0.3 is 15.2 Å². The van der Waals surface area contributed by atoms with Gasteiger partial charge in [0.05, 0.1) is 6.61 Å². The molecule has 0 aliphatic rings. The van der Waals surface area contributed by atoms with Gasteiger partial charge in [-0.1, -0.05) is 6.92 Å². The molecular weight excluding hydrogens is 310 g/mol. The van der Waals surface area contributed by atoms with E-state index in [1.807, 2.05) is 6.92 Å². The third-order valence-corrected chi connectivity index (χ3v) is 4.93. The first-order valence-electron chi connectivity index (χ1n) is 6.77. The van der Waals surface area contributed by atoms with E-state index in [4.69, 9.17) is 9.84 Å². The van der Waals surface area contributed by atoms with Crippen molar-refractivity contribution in [2.75, 3.05) is 17.7 Å². The number of rotatable bonds is 8. The van der Waals surface area contributed by atoms with Crippen molar-refractivity contribution in [2.45, 2.75) is 25.5 Å².